The summed E-state index contributed by atoms with van der Waals surface area (Å²) in [5.41, 5.74) is 7.94. The molecule has 1 heterocycles. The highest BCUT2D eigenvalue weighted by Crippen LogP contribution is 2.19. The van der Waals surface area contributed by atoms with Crippen LogP contribution < -0.4 is 16.4 Å². The van der Waals surface area contributed by atoms with E-state index in [1.807, 2.05) is 44.3 Å². The van der Waals surface area contributed by atoms with Gasteiger partial charge in [0.2, 0.25) is 11.8 Å². The lowest BCUT2D eigenvalue weighted by Gasteiger charge is -2.24. The summed E-state index contributed by atoms with van der Waals surface area (Å²) in [5.74, 6) is -2.29. The van der Waals surface area contributed by atoms with Crippen molar-refractivity contribution in [3.63, 3.8) is 0 Å². The number of carbonyl (C=O) groups excluding carboxylic acids is 2. The lowest BCUT2D eigenvalue weighted by Crippen LogP contribution is -2.55. The van der Waals surface area contributed by atoms with Gasteiger partial charge in [-0.05, 0) is 24.0 Å². The van der Waals surface area contributed by atoms with E-state index >= 15 is 0 Å². The molecule has 2 aromatic rings. The van der Waals surface area contributed by atoms with Crippen LogP contribution in [-0.4, -0.2) is 46.5 Å². The third-order valence-electron chi connectivity index (χ3n) is 4.66. The van der Waals surface area contributed by atoms with Crippen LogP contribution in [-0.2, 0) is 20.8 Å². The molecule has 2 unspecified atom stereocenters. The summed E-state index contributed by atoms with van der Waals surface area (Å²) in [4.78, 5) is 38.6. The number of nitrogens with one attached hydrogen (secondary N) is 3. The first kappa shape index (κ1) is 20.4. The van der Waals surface area contributed by atoms with Crippen molar-refractivity contribution in [2.24, 2.45) is 11.7 Å². The van der Waals surface area contributed by atoms with Crippen LogP contribution >= 0.6 is 0 Å². The number of aromatic nitrogens is 1. The minimum atomic E-state index is -1.14. The molecular weight excluding hydrogens is 348 g/mol. The van der Waals surface area contributed by atoms with E-state index in [2.05, 4.69) is 15.6 Å². The fraction of sp³-hybridized carbons (Fsp3) is 0.421. The van der Waals surface area contributed by atoms with E-state index in [4.69, 9.17) is 10.8 Å². The Bertz CT molecular complexity index is 817. The fourth-order valence-electron chi connectivity index (χ4n) is 2.87. The number of para-hydroxylation sites is 1. The molecule has 6 N–H and O–H groups in total. The SMILES string of the molecule is CCC(C)[C@H](NC(=O)C(N)Cc1c[nH]c2ccccc12)C(=O)NCC(=O)O. The number of aromatic amines is 1. The molecule has 0 fully saturated rings. The third kappa shape index (κ3) is 5.30. The van der Waals surface area contributed by atoms with Gasteiger partial charge in [0.25, 0.3) is 0 Å². The number of hydrogen-bond donors (Lipinski definition) is 5. The maximum atomic E-state index is 12.5. The zero-order valence-electron chi connectivity index (χ0n) is 15.5. The Hall–Kier alpha value is -2.87. The Balaban J connectivity index is 2.04. The first-order valence-corrected chi connectivity index (χ1v) is 8.93. The minimum Gasteiger partial charge on any atom is -0.480 e. The first-order valence-electron chi connectivity index (χ1n) is 8.93. The predicted octanol–water partition coefficient (Wildman–Crippen LogP) is 0.769. The highest BCUT2D eigenvalue weighted by atomic mass is 16.4. The normalized spacial score (nSPS) is 14.3. The highest BCUT2D eigenvalue weighted by molar-refractivity contribution is 5.92. The second-order valence-electron chi connectivity index (χ2n) is 6.65. The van der Waals surface area contributed by atoms with E-state index in [9.17, 15) is 14.4 Å². The highest BCUT2D eigenvalue weighted by Gasteiger charge is 2.28. The number of amides is 2. The van der Waals surface area contributed by atoms with Gasteiger partial charge in [0.1, 0.15) is 12.6 Å². The van der Waals surface area contributed by atoms with E-state index in [-0.39, 0.29) is 5.92 Å². The van der Waals surface area contributed by atoms with Crippen LogP contribution in [0.2, 0.25) is 0 Å². The van der Waals surface area contributed by atoms with Crippen molar-refractivity contribution in [2.45, 2.75) is 38.8 Å². The van der Waals surface area contributed by atoms with E-state index in [1.165, 1.54) is 0 Å². The van der Waals surface area contributed by atoms with Crippen LogP contribution in [0.15, 0.2) is 30.5 Å². The molecule has 8 heteroatoms. The van der Waals surface area contributed by atoms with Crippen LogP contribution in [0.25, 0.3) is 10.9 Å². The van der Waals surface area contributed by atoms with Crippen molar-refractivity contribution in [2.75, 3.05) is 6.54 Å². The number of benzene rings is 1. The Morgan fingerprint density at radius 2 is 1.93 bits per heavy atom. The Kier molecular flexibility index (Phi) is 6.95. The fourth-order valence-corrected chi connectivity index (χ4v) is 2.87. The zero-order valence-corrected chi connectivity index (χ0v) is 15.5. The predicted molar refractivity (Wildman–Crippen MR) is 102 cm³/mol. The number of aliphatic carboxylic acids is 1. The van der Waals surface area contributed by atoms with Gasteiger partial charge in [0.05, 0.1) is 6.04 Å². The van der Waals surface area contributed by atoms with E-state index in [1.54, 1.807) is 0 Å². The van der Waals surface area contributed by atoms with E-state index in [0.717, 1.165) is 16.5 Å². The van der Waals surface area contributed by atoms with Crippen molar-refractivity contribution in [1.82, 2.24) is 15.6 Å². The molecule has 0 spiro atoms. The smallest absolute Gasteiger partial charge is 0.322 e. The average Bonchev–Trinajstić information content (AvgIpc) is 3.06. The number of fused-ring (bicyclic) bond motifs is 1. The van der Waals surface area contributed by atoms with Crippen molar-refractivity contribution in [1.29, 1.82) is 0 Å². The van der Waals surface area contributed by atoms with Crippen LogP contribution in [0.5, 0.6) is 0 Å². The molecule has 3 atom stereocenters. The van der Waals surface area contributed by atoms with Crippen molar-refractivity contribution in [3.05, 3.63) is 36.0 Å². The van der Waals surface area contributed by atoms with Crippen molar-refractivity contribution < 1.29 is 19.5 Å². The summed E-state index contributed by atoms with van der Waals surface area (Å²) in [6.45, 7) is 3.21. The summed E-state index contributed by atoms with van der Waals surface area (Å²) >= 11 is 0. The van der Waals surface area contributed by atoms with Gasteiger partial charge in [0.15, 0.2) is 0 Å². The van der Waals surface area contributed by atoms with Gasteiger partial charge < -0.3 is 26.5 Å². The maximum Gasteiger partial charge on any atom is 0.322 e. The molecule has 1 aromatic carbocycles. The molecule has 1 aromatic heterocycles. The van der Waals surface area contributed by atoms with Crippen LogP contribution in [0.4, 0.5) is 0 Å². The van der Waals surface area contributed by atoms with Gasteiger partial charge in [-0.3, -0.25) is 14.4 Å². The largest absolute Gasteiger partial charge is 0.480 e. The molecule has 0 aliphatic carbocycles. The maximum absolute atomic E-state index is 12.5. The lowest BCUT2D eigenvalue weighted by molar-refractivity contribution is -0.138. The molecular formula is C19H26N4O4. The van der Waals surface area contributed by atoms with Crippen LogP contribution in [0, 0.1) is 5.92 Å². The zero-order chi connectivity index (χ0) is 20.0. The molecule has 0 saturated carbocycles. The van der Waals surface area contributed by atoms with Crippen LogP contribution in [0.1, 0.15) is 25.8 Å². The number of hydrogen-bond acceptors (Lipinski definition) is 4. The Labute approximate surface area is 157 Å². The molecule has 0 radical (unpaired) electrons. The number of carbonyl (C=O) groups is 3. The number of nitrogens with two attached hydrogens (primary N) is 1. The number of carboxylic acids is 1. The third-order valence-corrected chi connectivity index (χ3v) is 4.66. The van der Waals surface area contributed by atoms with Gasteiger partial charge in [0, 0.05) is 17.1 Å². The molecule has 0 bridgehead atoms. The quantitative estimate of drug-likeness (QED) is 0.441. The lowest BCUT2D eigenvalue weighted by atomic mass is 9.97. The van der Waals surface area contributed by atoms with Gasteiger partial charge in [-0.1, -0.05) is 38.5 Å². The second kappa shape index (κ2) is 9.18. The summed E-state index contributed by atoms with van der Waals surface area (Å²) < 4.78 is 0. The Morgan fingerprint density at radius 1 is 1.22 bits per heavy atom. The molecule has 2 rings (SSSR count). The van der Waals surface area contributed by atoms with E-state index < -0.39 is 36.4 Å². The summed E-state index contributed by atoms with van der Waals surface area (Å²) in [5, 5.41) is 14.7. The molecule has 2 amide bonds. The summed E-state index contributed by atoms with van der Waals surface area (Å²) in [6, 6.07) is 6.06. The van der Waals surface area contributed by atoms with Crippen LogP contribution in [0.3, 0.4) is 0 Å². The van der Waals surface area contributed by atoms with Gasteiger partial charge in [-0.25, -0.2) is 0 Å². The van der Waals surface area contributed by atoms with Crippen molar-refractivity contribution in [3.8, 4) is 0 Å². The molecule has 8 nitrogen and oxygen atoms in total. The topological polar surface area (TPSA) is 137 Å². The molecule has 0 aliphatic rings. The summed E-state index contributed by atoms with van der Waals surface area (Å²) in [7, 11) is 0. The monoisotopic (exact) mass is 374 g/mol. The first-order chi connectivity index (χ1) is 12.8. The van der Waals surface area contributed by atoms with Gasteiger partial charge >= 0.3 is 5.97 Å². The molecule has 27 heavy (non-hydrogen) atoms. The average molecular weight is 374 g/mol. The van der Waals surface area contributed by atoms with E-state index in [0.29, 0.717) is 12.8 Å². The minimum absolute atomic E-state index is 0.164. The number of rotatable bonds is 9. The van der Waals surface area contributed by atoms with Gasteiger partial charge in [-0.2, -0.15) is 0 Å². The summed E-state index contributed by atoms with van der Waals surface area (Å²) in [6.07, 6.45) is 2.78. The number of carboxylic acid groups (broad SMARTS) is 1. The molecule has 0 saturated heterocycles. The molecule has 146 valence electrons. The van der Waals surface area contributed by atoms with Gasteiger partial charge in [-0.15, -0.1) is 0 Å². The van der Waals surface area contributed by atoms with Crippen molar-refractivity contribution >= 4 is 28.7 Å². The number of H-pyrrole nitrogens is 1. The standard InChI is InChI=1S/C19H26N4O4/c1-3-11(2)17(19(27)22-10-16(24)25)23-18(26)14(20)8-12-9-21-15-7-5-4-6-13(12)15/h4-7,9,11,14,17,21H,3,8,10,20H2,1-2H3,(H,22,27)(H,23,26)(H,24,25)/t11?,14?,17-/m0/s1. The second-order valence-corrected chi connectivity index (χ2v) is 6.65. The Morgan fingerprint density at radius 3 is 2.59 bits per heavy atom. The molecule has 0 aliphatic heterocycles.